The molecule has 0 bridgehead atoms. The molecule has 2 heterocycles. The fourth-order valence-electron chi connectivity index (χ4n) is 4.57. The number of rotatable bonds is 5. The number of primary amides is 1. The maximum Gasteiger partial charge on any atom is 0.267 e. The summed E-state index contributed by atoms with van der Waals surface area (Å²) in [5.74, 6) is -0.416. The van der Waals surface area contributed by atoms with Crippen LogP contribution < -0.4 is 5.73 Å². The zero-order valence-electron chi connectivity index (χ0n) is 16.3. The number of aromatic nitrogens is 3. The Kier molecular flexibility index (Phi) is 4.99. The van der Waals surface area contributed by atoms with Crippen LogP contribution in [0.5, 0.6) is 0 Å². The molecular formula is C23H26N4O. The van der Waals surface area contributed by atoms with Crippen molar-refractivity contribution in [3.8, 4) is 11.3 Å². The number of hydrogen-bond acceptors (Lipinski definition) is 3. The summed E-state index contributed by atoms with van der Waals surface area (Å²) in [6.07, 6.45) is 9.63. The molecule has 1 saturated carbocycles. The zero-order chi connectivity index (χ0) is 19.6. The Morgan fingerprint density at radius 1 is 1.11 bits per heavy atom. The van der Waals surface area contributed by atoms with E-state index in [4.69, 9.17) is 10.8 Å². The summed E-state index contributed by atoms with van der Waals surface area (Å²) >= 11 is 0. The molecule has 2 aromatic heterocycles. The minimum absolute atomic E-state index is 0.381. The minimum atomic E-state index is -0.416. The molecule has 144 valence electrons. The maximum atomic E-state index is 12.6. The van der Waals surface area contributed by atoms with Gasteiger partial charge in [0.05, 0.1) is 11.2 Å². The number of carbonyl (C=O) groups is 1. The Morgan fingerprint density at radius 2 is 1.86 bits per heavy atom. The Bertz CT molecular complexity index is 957. The number of amides is 1. The van der Waals surface area contributed by atoms with Gasteiger partial charge in [-0.15, -0.1) is 0 Å². The predicted octanol–water partition coefficient (Wildman–Crippen LogP) is 4.31. The third kappa shape index (κ3) is 3.01. The molecule has 28 heavy (non-hydrogen) atoms. The zero-order valence-corrected chi connectivity index (χ0v) is 16.3. The molecule has 1 fully saturated rings. The normalized spacial score (nSPS) is 16.0. The lowest BCUT2D eigenvalue weighted by Crippen LogP contribution is -2.41. The highest BCUT2D eigenvalue weighted by molar-refractivity contribution is 5.94. The monoisotopic (exact) mass is 374 g/mol. The number of carbonyl (C=O) groups excluding carboxylic acids is 1. The second-order valence-corrected chi connectivity index (χ2v) is 7.51. The van der Waals surface area contributed by atoms with Crippen molar-refractivity contribution in [1.82, 2.24) is 14.8 Å². The molecule has 5 heteroatoms. The molecule has 0 radical (unpaired) electrons. The smallest absolute Gasteiger partial charge is 0.267 e. The number of nitrogens with two attached hydrogens (primary N) is 1. The molecule has 5 nitrogen and oxygen atoms in total. The van der Waals surface area contributed by atoms with Crippen molar-refractivity contribution < 1.29 is 4.79 Å². The molecule has 0 saturated heterocycles. The molecule has 0 unspecified atom stereocenters. The highest BCUT2D eigenvalue weighted by atomic mass is 16.1. The molecule has 1 amide bonds. The summed E-state index contributed by atoms with van der Waals surface area (Å²) in [6.45, 7) is 2.05. The Hall–Kier alpha value is -2.95. The van der Waals surface area contributed by atoms with Crippen molar-refractivity contribution in [3.63, 3.8) is 0 Å². The molecule has 1 aliphatic carbocycles. The van der Waals surface area contributed by atoms with E-state index in [2.05, 4.69) is 18.0 Å². The van der Waals surface area contributed by atoms with Crippen LogP contribution >= 0.6 is 0 Å². The first-order chi connectivity index (χ1) is 13.7. The second kappa shape index (κ2) is 7.58. The van der Waals surface area contributed by atoms with Gasteiger partial charge in [-0.2, -0.15) is 5.10 Å². The molecule has 0 spiro atoms. The summed E-state index contributed by atoms with van der Waals surface area (Å²) in [4.78, 5) is 17.0. The Morgan fingerprint density at radius 3 is 2.46 bits per heavy atom. The molecule has 0 aliphatic heterocycles. The van der Waals surface area contributed by atoms with Gasteiger partial charge in [-0.25, -0.2) is 4.68 Å². The van der Waals surface area contributed by atoms with Crippen LogP contribution in [0, 0.1) is 0 Å². The first kappa shape index (κ1) is 18.4. The van der Waals surface area contributed by atoms with Gasteiger partial charge >= 0.3 is 0 Å². The SMILES string of the molecule is CCc1c(-c2ccccc2)nn(C2(c3cccnc3)CCCCC2)c1C(N)=O. The van der Waals surface area contributed by atoms with Gasteiger partial charge in [0.25, 0.3) is 5.91 Å². The molecule has 3 aromatic rings. The largest absolute Gasteiger partial charge is 0.364 e. The van der Waals surface area contributed by atoms with E-state index in [-0.39, 0.29) is 5.54 Å². The van der Waals surface area contributed by atoms with E-state index in [9.17, 15) is 4.79 Å². The molecule has 2 N–H and O–H groups in total. The lowest BCUT2D eigenvalue weighted by Gasteiger charge is -2.38. The van der Waals surface area contributed by atoms with Gasteiger partial charge in [-0.1, -0.05) is 62.6 Å². The summed E-state index contributed by atoms with van der Waals surface area (Å²) in [5, 5.41) is 5.03. The minimum Gasteiger partial charge on any atom is -0.364 e. The van der Waals surface area contributed by atoms with Crippen LogP contribution in [-0.2, 0) is 12.0 Å². The van der Waals surface area contributed by atoms with Crippen LogP contribution in [0.25, 0.3) is 11.3 Å². The van der Waals surface area contributed by atoms with Gasteiger partial charge in [-0.3, -0.25) is 9.78 Å². The summed E-state index contributed by atoms with van der Waals surface area (Å²) < 4.78 is 1.94. The summed E-state index contributed by atoms with van der Waals surface area (Å²) in [5.41, 5.74) is 9.95. The molecule has 1 aliphatic rings. The van der Waals surface area contributed by atoms with Crippen molar-refractivity contribution in [1.29, 1.82) is 0 Å². The summed E-state index contributed by atoms with van der Waals surface area (Å²) in [6, 6.07) is 14.1. The second-order valence-electron chi connectivity index (χ2n) is 7.51. The first-order valence-corrected chi connectivity index (χ1v) is 10.1. The van der Waals surface area contributed by atoms with Gasteiger partial charge in [-0.05, 0) is 30.9 Å². The van der Waals surface area contributed by atoms with Crippen molar-refractivity contribution >= 4 is 5.91 Å². The van der Waals surface area contributed by atoms with Crippen LogP contribution in [0.1, 0.15) is 60.6 Å². The third-order valence-corrected chi connectivity index (χ3v) is 5.90. The number of pyridine rings is 1. The lowest BCUT2D eigenvalue weighted by atomic mass is 9.77. The van der Waals surface area contributed by atoms with E-state index in [1.165, 1.54) is 6.42 Å². The van der Waals surface area contributed by atoms with Crippen molar-refractivity contribution in [2.45, 2.75) is 51.0 Å². The van der Waals surface area contributed by atoms with E-state index in [1.807, 2.05) is 47.3 Å². The quantitative estimate of drug-likeness (QED) is 0.723. The highest BCUT2D eigenvalue weighted by Gasteiger charge is 2.40. The van der Waals surface area contributed by atoms with Gasteiger partial charge in [0.15, 0.2) is 0 Å². The van der Waals surface area contributed by atoms with Crippen LogP contribution in [0.15, 0.2) is 54.9 Å². The number of hydrogen-bond donors (Lipinski definition) is 1. The Balaban J connectivity index is 1.99. The van der Waals surface area contributed by atoms with E-state index >= 15 is 0 Å². The van der Waals surface area contributed by atoms with Crippen LogP contribution in [0.2, 0.25) is 0 Å². The van der Waals surface area contributed by atoms with Gasteiger partial charge < -0.3 is 5.73 Å². The number of benzene rings is 1. The van der Waals surface area contributed by atoms with Gasteiger partial charge in [0.1, 0.15) is 5.69 Å². The average Bonchev–Trinajstić information content (AvgIpc) is 3.16. The molecule has 4 rings (SSSR count). The van der Waals surface area contributed by atoms with E-state index in [0.717, 1.165) is 48.1 Å². The number of nitrogens with zero attached hydrogens (tertiary/aromatic N) is 3. The van der Waals surface area contributed by atoms with Crippen molar-refractivity contribution in [2.24, 2.45) is 5.73 Å². The van der Waals surface area contributed by atoms with Crippen LogP contribution in [0.4, 0.5) is 0 Å². The van der Waals surface area contributed by atoms with Crippen molar-refractivity contribution in [2.75, 3.05) is 0 Å². The van der Waals surface area contributed by atoms with Gasteiger partial charge in [0.2, 0.25) is 0 Å². The van der Waals surface area contributed by atoms with Gasteiger partial charge in [0, 0.05) is 23.5 Å². The fourth-order valence-corrected chi connectivity index (χ4v) is 4.57. The lowest BCUT2D eigenvalue weighted by molar-refractivity contribution is 0.0974. The molecule has 1 aromatic carbocycles. The summed E-state index contributed by atoms with van der Waals surface area (Å²) in [7, 11) is 0. The Labute approximate surface area is 165 Å². The van der Waals surface area contributed by atoms with E-state index < -0.39 is 5.91 Å². The van der Waals surface area contributed by atoms with Crippen LogP contribution in [0.3, 0.4) is 0 Å². The molecular weight excluding hydrogens is 348 g/mol. The predicted molar refractivity (Wildman–Crippen MR) is 110 cm³/mol. The van der Waals surface area contributed by atoms with E-state index in [1.54, 1.807) is 6.20 Å². The topological polar surface area (TPSA) is 73.8 Å². The molecule has 0 atom stereocenters. The van der Waals surface area contributed by atoms with E-state index in [0.29, 0.717) is 12.1 Å². The standard InChI is InChI=1S/C23H26N4O/c1-2-19-20(17-10-5-3-6-11-17)26-27(21(19)22(24)28)23(13-7-4-8-14-23)18-12-9-15-25-16-18/h3,5-6,9-12,15-16H,2,4,7-8,13-14H2,1H3,(H2,24,28). The first-order valence-electron chi connectivity index (χ1n) is 10.1. The van der Waals surface area contributed by atoms with Crippen LogP contribution in [-0.4, -0.2) is 20.7 Å². The maximum absolute atomic E-state index is 12.6. The fraction of sp³-hybridized carbons (Fsp3) is 0.348. The third-order valence-electron chi connectivity index (χ3n) is 5.90. The highest BCUT2D eigenvalue weighted by Crippen LogP contribution is 2.42. The van der Waals surface area contributed by atoms with Crippen molar-refractivity contribution in [3.05, 3.63) is 71.7 Å². The average molecular weight is 374 g/mol.